The van der Waals surface area contributed by atoms with Crippen molar-refractivity contribution < 1.29 is 4.74 Å². The number of nitrogens with one attached hydrogen (secondary N) is 1. The third kappa shape index (κ3) is 5.43. The van der Waals surface area contributed by atoms with Crippen molar-refractivity contribution in [1.29, 1.82) is 0 Å². The summed E-state index contributed by atoms with van der Waals surface area (Å²) in [5, 5.41) is 7.71. The van der Waals surface area contributed by atoms with E-state index in [-0.39, 0.29) is 5.41 Å². The average molecular weight is 280 g/mol. The Balaban J connectivity index is 2.62. The molecule has 0 amide bonds. The Morgan fingerprint density at radius 3 is 2.90 bits per heavy atom. The molecule has 20 heavy (non-hydrogen) atoms. The van der Waals surface area contributed by atoms with Crippen LogP contribution in [0.3, 0.4) is 0 Å². The molecule has 1 aromatic heterocycles. The van der Waals surface area contributed by atoms with E-state index in [0.29, 0.717) is 5.92 Å². The summed E-state index contributed by atoms with van der Waals surface area (Å²) in [5.74, 6) is 1.58. The number of rotatable bonds is 10. The summed E-state index contributed by atoms with van der Waals surface area (Å²) >= 11 is 0. The van der Waals surface area contributed by atoms with Gasteiger partial charge in [-0.05, 0) is 5.92 Å². The minimum Gasteiger partial charge on any atom is -0.383 e. The van der Waals surface area contributed by atoms with Crippen LogP contribution in [0.15, 0.2) is 19.0 Å². The lowest BCUT2D eigenvalue weighted by atomic mass is 9.86. The van der Waals surface area contributed by atoms with Crippen LogP contribution in [0.5, 0.6) is 0 Å². The Hall–Kier alpha value is -1.20. The first-order valence-electron chi connectivity index (χ1n) is 7.20. The van der Waals surface area contributed by atoms with Crippen molar-refractivity contribution in [3.05, 3.63) is 24.8 Å². The SMILES string of the molecule is C=CC(C)(CNCCOC)Cc1ncnn1CC(C)C. The quantitative estimate of drug-likeness (QED) is 0.525. The third-order valence-corrected chi connectivity index (χ3v) is 3.30. The highest BCUT2D eigenvalue weighted by Gasteiger charge is 2.23. The predicted octanol–water partition coefficient (Wildman–Crippen LogP) is 1.90. The Morgan fingerprint density at radius 2 is 2.30 bits per heavy atom. The molecule has 1 heterocycles. The van der Waals surface area contributed by atoms with Crippen molar-refractivity contribution in [2.45, 2.75) is 33.7 Å². The monoisotopic (exact) mass is 280 g/mol. The highest BCUT2D eigenvalue weighted by molar-refractivity contribution is 5.01. The first kappa shape index (κ1) is 16.9. The van der Waals surface area contributed by atoms with E-state index >= 15 is 0 Å². The molecule has 0 aliphatic heterocycles. The summed E-state index contributed by atoms with van der Waals surface area (Å²) in [6.45, 7) is 13.9. The van der Waals surface area contributed by atoms with Crippen molar-refractivity contribution in [2.75, 3.05) is 26.8 Å². The van der Waals surface area contributed by atoms with Crippen LogP contribution in [-0.2, 0) is 17.7 Å². The fraction of sp³-hybridized carbons (Fsp3) is 0.733. The molecule has 0 spiro atoms. The van der Waals surface area contributed by atoms with Crippen molar-refractivity contribution in [3.63, 3.8) is 0 Å². The van der Waals surface area contributed by atoms with E-state index in [0.717, 1.165) is 38.5 Å². The van der Waals surface area contributed by atoms with Gasteiger partial charge in [0.2, 0.25) is 0 Å². The van der Waals surface area contributed by atoms with Gasteiger partial charge in [0.25, 0.3) is 0 Å². The largest absolute Gasteiger partial charge is 0.383 e. The summed E-state index contributed by atoms with van der Waals surface area (Å²) in [6, 6.07) is 0. The minimum atomic E-state index is -0.0322. The number of methoxy groups -OCH3 is 1. The molecule has 0 saturated carbocycles. The van der Waals surface area contributed by atoms with E-state index in [1.54, 1.807) is 13.4 Å². The third-order valence-electron chi connectivity index (χ3n) is 3.30. The summed E-state index contributed by atoms with van der Waals surface area (Å²) in [4.78, 5) is 4.40. The second-order valence-corrected chi connectivity index (χ2v) is 5.96. The Kier molecular flexibility index (Phi) is 6.88. The lowest BCUT2D eigenvalue weighted by molar-refractivity contribution is 0.195. The summed E-state index contributed by atoms with van der Waals surface area (Å²) in [5.41, 5.74) is -0.0322. The zero-order valence-corrected chi connectivity index (χ0v) is 13.2. The maximum atomic E-state index is 5.04. The Labute approximate surface area is 122 Å². The van der Waals surface area contributed by atoms with Gasteiger partial charge in [-0.1, -0.05) is 26.8 Å². The average Bonchev–Trinajstić information content (AvgIpc) is 2.81. The molecule has 0 aliphatic rings. The number of aromatic nitrogens is 3. The van der Waals surface area contributed by atoms with Crippen LogP contribution in [-0.4, -0.2) is 41.6 Å². The van der Waals surface area contributed by atoms with Gasteiger partial charge in [0.1, 0.15) is 12.2 Å². The van der Waals surface area contributed by atoms with Crippen molar-refractivity contribution in [3.8, 4) is 0 Å². The van der Waals surface area contributed by atoms with Crippen LogP contribution >= 0.6 is 0 Å². The Bertz CT molecular complexity index is 402. The normalized spacial score (nSPS) is 14.4. The molecule has 0 radical (unpaired) electrons. The molecule has 1 rings (SSSR count). The maximum Gasteiger partial charge on any atom is 0.138 e. The molecule has 0 aliphatic carbocycles. The highest BCUT2D eigenvalue weighted by Crippen LogP contribution is 2.22. The highest BCUT2D eigenvalue weighted by atomic mass is 16.5. The van der Waals surface area contributed by atoms with E-state index in [2.05, 4.69) is 42.7 Å². The van der Waals surface area contributed by atoms with Gasteiger partial charge in [-0.25, -0.2) is 9.67 Å². The molecule has 0 bridgehead atoms. The standard InChI is InChI=1S/C15H28N4O/c1-6-15(4,11-16-7-8-20-5)9-14-17-12-18-19(14)10-13(2)3/h6,12-13,16H,1,7-11H2,2-5H3. The van der Waals surface area contributed by atoms with E-state index in [4.69, 9.17) is 4.74 Å². The van der Waals surface area contributed by atoms with Crippen LogP contribution in [0.25, 0.3) is 0 Å². The van der Waals surface area contributed by atoms with E-state index in [1.807, 2.05) is 10.8 Å². The van der Waals surface area contributed by atoms with Crippen LogP contribution in [0.2, 0.25) is 0 Å². The van der Waals surface area contributed by atoms with Crippen molar-refractivity contribution >= 4 is 0 Å². The van der Waals surface area contributed by atoms with Crippen molar-refractivity contribution in [1.82, 2.24) is 20.1 Å². The first-order chi connectivity index (χ1) is 9.50. The van der Waals surface area contributed by atoms with Crippen molar-refractivity contribution in [2.24, 2.45) is 11.3 Å². The molecule has 114 valence electrons. The van der Waals surface area contributed by atoms with Gasteiger partial charge in [-0.15, -0.1) is 6.58 Å². The molecule has 5 heteroatoms. The summed E-state index contributed by atoms with van der Waals surface area (Å²) < 4.78 is 7.05. The van der Waals surface area contributed by atoms with Crippen LogP contribution in [0, 0.1) is 11.3 Å². The second kappa shape index (κ2) is 8.17. The maximum absolute atomic E-state index is 5.04. The van der Waals surface area contributed by atoms with Gasteiger partial charge in [0.05, 0.1) is 6.61 Å². The van der Waals surface area contributed by atoms with Gasteiger partial charge in [-0.2, -0.15) is 5.10 Å². The van der Waals surface area contributed by atoms with Crippen LogP contribution in [0.1, 0.15) is 26.6 Å². The molecule has 1 N–H and O–H groups in total. The zero-order valence-electron chi connectivity index (χ0n) is 13.2. The second-order valence-electron chi connectivity index (χ2n) is 5.96. The van der Waals surface area contributed by atoms with Crippen LogP contribution in [0.4, 0.5) is 0 Å². The molecule has 0 aromatic carbocycles. The number of nitrogens with zero attached hydrogens (tertiary/aromatic N) is 3. The lowest BCUT2D eigenvalue weighted by Gasteiger charge is -2.26. The fourth-order valence-electron chi connectivity index (χ4n) is 2.04. The minimum absolute atomic E-state index is 0.0322. The van der Waals surface area contributed by atoms with E-state index in [1.165, 1.54) is 0 Å². The zero-order chi connectivity index (χ0) is 15.0. The number of hydrogen-bond donors (Lipinski definition) is 1. The van der Waals surface area contributed by atoms with Gasteiger partial charge in [0.15, 0.2) is 0 Å². The molecule has 1 atom stereocenters. The topological polar surface area (TPSA) is 52.0 Å². The van der Waals surface area contributed by atoms with Gasteiger partial charge in [0, 0.05) is 38.6 Å². The fourth-order valence-corrected chi connectivity index (χ4v) is 2.04. The number of hydrogen-bond acceptors (Lipinski definition) is 4. The smallest absolute Gasteiger partial charge is 0.138 e. The molecule has 0 fully saturated rings. The predicted molar refractivity (Wildman–Crippen MR) is 81.6 cm³/mol. The molecule has 0 saturated heterocycles. The molecule has 1 aromatic rings. The molecule has 5 nitrogen and oxygen atoms in total. The first-order valence-corrected chi connectivity index (χ1v) is 7.20. The lowest BCUT2D eigenvalue weighted by Crippen LogP contribution is -2.34. The molecular weight excluding hydrogens is 252 g/mol. The van der Waals surface area contributed by atoms with E-state index in [9.17, 15) is 0 Å². The van der Waals surface area contributed by atoms with Gasteiger partial charge >= 0.3 is 0 Å². The summed E-state index contributed by atoms with van der Waals surface area (Å²) in [7, 11) is 1.71. The van der Waals surface area contributed by atoms with E-state index < -0.39 is 0 Å². The van der Waals surface area contributed by atoms with Gasteiger partial charge < -0.3 is 10.1 Å². The molecular formula is C15H28N4O. The number of ether oxygens (including phenoxy) is 1. The molecule has 1 unspecified atom stereocenters. The van der Waals surface area contributed by atoms with Crippen LogP contribution < -0.4 is 5.32 Å². The Morgan fingerprint density at radius 1 is 1.55 bits per heavy atom. The van der Waals surface area contributed by atoms with Gasteiger partial charge in [-0.3, -0.25) is 0 Å². The summed E-state index contributed by atoms with van der Waals surface area (Å²) in [6.07, 6.45) is 4.48.